The molecule has 11 nitrogen and oxygen atoms in total. The molecular weight excluding hydrogens is 673 g/mol. The molecular formula is C38H41ClFN7O4. The van der Waals surface area contributed by atoms with Crippen LogP contribution in [-0.4, -0.2) is 89.6 Å². The van der Waals surface area contributed by atoms with Gasteiger partial charge in [0, 0.05) is 92.5 Å². The molecule has 0 saturated carbocycles. The number of nitrogens with zero attached hydrogens (tertiary/aromatic N) is 5. The number of amides is 2. The molecule has 4 heterocycles. The third-order valence-electron chi connectivity index (χ3n) is 10.1. The number of piperazine rings is 1. The summed E-state index contributed by atoms with van der Waals surface area (Å²) in [4.78, 5) is 41.6. The van der Waals surface area contributed by atoms with E-state index in [0.29, 0.717) is 83.2 Å². The molecule has 0 spiro atoms. The van der Waals surface area contributed by atoms with Gasteiger partial charge >= 0.3 is 0 Å². The number of pyridine rings is 1. The van der Waals surface area contributed by atoms with Crippen molar-refractivity contribution in [2.75, 3.05) is 46.9 Å². The smallest absolute Gasteiger partial charge is 0.237 e. The Balaban J connectivity index is 1.14. The van der Waals surface area contributed by atoms with Crippen LogP contribution in [0, 0.1) is 5.82 Å². The average molecular weight is 714 g/mol. The van der Waals surface area contributed by atoms with Gasteiger partial charge in [0.2, 0.25) is 23.6 Å². The normalized spacial score (nSPS) is 18.8. The van der Waals surface area contributed by atoms with Crippen molar-refractivity contribution < 1.29 is 23.5 Å². The van der Waals surface area contributed by atoms with Crippen molar-refractivity contribution in [1.29, 1.82) is 0 Å². The highest BCUT2D eigenvalue weighted by molar-refractivity contribution is 6.36. The minimum Gasteiger partial charge on any atom is -0.481 e. The molecule has 2 atom stereocenters. The maximum atomic E-state index is 16.4. The van der Waals surface area contributed by atoms with E-state index in [9.17, 15) is 9.59 Å². The van der Waals surface area contributed by atoms with Crippen molar-refractivity contribution in [1.82, 2.24) is 35.4 Å². The summed E-state index contributed by atoms with van der Waals surface area (Å²) in [6.07, 6.45) is 4.68. The summed E-state index contributed by atoms with van der Waals surface area (Å²) in [5, 5.41) is 6.99. The lowest BCUT2D eigenvalue weighted by Crippen LogP contribution is -2.47. The maximum Gasteiger partial charge on any atom is 0.237 e. The predicted molar refractivity (Wildman–Crippen MR) is 192 cm³/mol. The SMILES string of the molecule is COc1nc(-c2cccc(-c3cccc(-c4cc5c(c(OC)n4)[C@@H](NC[C@@H]4CCC(=O)N4)CC5)c3Cl)c2F)cnc1CN1CCN(C(C)=O)CC1. The van der Waals surface area contributed by atoms with E-state index in [1.165, 1.54) is 7.11 Å². The molecule has 7 rings (SSSR count). The van der Waals surface area contributed by atoms with Crippen LogP contribution in [0.15, 0.2) is 48.7 Å². The van der Waals surface area contributed by atoms with Crippen molar-refractivity contribution in [2.45, 2.75) is 51.2 Å². The number of carbonyl (C=O) groups excluding carboxylic acids is 2. The molecule has 0 unspecified atom stereocenters. The molecule has 51 heavy (non-hydrogen) atoms. The second kappa shape index (κ2) is 14.9. The first-order valence-corrected chi connectivity index (χ1v) is 17.7. The van der Waals surface area contributed by atoms with E-state index in [-0.39, 0.29) is 29.5 Å². The largest absolute Gasteiger partial charge is 0.481 e. The summed E-state index contributed by atoms with van der Waals surface area (Å²) >= 11 is 7.08. The summed E-state index contributed by atoms with van der Waals surface area (Å²) < 4.78 is 27.8. The zero-order chi connectivity index (χ0) is 35.6. The molecule has 2 aromatic heterocycles. The first-order valence-electron chi connectivity index (χ1n) is 17.3. The molecule has 3 aliphatic rings. The molecule has 2 fully saturated rings. The lowest BCUT2D eigenvalue weighted by molar-refractivity contribution is -0.130. The Morgan fingerprint density at radius 3 is 2.37 bits per heavy atom. The topological polar surface area (TPSA) is 122 Å². The Hall–Kier alpha value is -4.65. The fourth-order valence-corrected chi connectivity index (χ4v) is 7.65. The number of aromatic nitrogens is 3. The van der Waals surface area contributed by atoms with Crippen molar-refractivity contribution >= 4 is 23.4 Å². The summed E-state index contributed by atoms with van der Waals surface area (Å²) in [7, 11) is 3.14. The second-order valence-electron chi connectivity index (χ2n) is 13.2. The minimum atomic E-state index is -0.479. The highest BCUT2D eigenvalue weighted by Gasteiger charge is 2.31. The van der Waals surface area contributed by atoms with E-state index in [2.05, 4.69) is 25.5 Å². The number of nitrogens with one attached hydrogen (secondary N) is 2. The zero-order valence-electron chi connectivity index (χ0n) is 29.0. The lowest BCUT2D eigenvalue weighted by atomic mass is 9.97. The number of carbonyl (C=O) groups is 2. The van der Waals surface area contributed by atoms with E-state index in [1.54, 1.807) is 44.5 Å². The Bertz CT molecular complexity index is 1970. The van der Waals surface area contributed by atoms with Crippen LogP contribution in [0.3, 0.4) is 0 Å². The number of ether oxygens (including phenoxy) is 2. The summed E-state index contributed by atoms with van der Waals surface area (Å²) in [6.45, 7) is 5.52. The van der Waals surface area contributed by atoms with Crippen LogP contribution in [0.4, 0.5) is 4.39 Å². The molecule has 0 bridgehead atoms. The van der Waals surface area contributed by atoms with Gasteiger partial charge in [-0.1, -0.05) is 41.9 Å². The van der Waals surface area contributed by atoms with Gasteiger partial charge in [0.25, 0.3) is 0 Å². The number of hydrogen-bond donors (Lipinski definition) is 2. The Morgan fingerprint density at radius 1 is 0.961 bits per heavy atom. The van der Waals surface area contributed by atoms with Gasteiger partial charge in [0.15, 0.2) is 0 Å². The van der Waals surface area contributed by atoms with Crippen LogP contribution in [0.1, 0.15) is 49.0 Å². The van der Waals surface area contributed by atoms with E-state index >= 15 is 4.39 Å². The quantitative estimate of drug-likeness (QED) is 0.228. The van der Waals surface area contributed by atoms with Crippen LogP contribution < -0.4 is 20.1 Å². The van der Waals surface area contributed by atoms with Crippen molar-refractivity contribution in [3.05, 3.63) is 76.3 Å². The lowest BCUT2D eigenvalue weighted by Gasteiger charge is -2.34. The van der Waals surface area contributed by atoms with Gasteiger partial charge in [-0.3, -0.25) is 19.5 Å². The Kier molecular flexibility index (Phi) is 10.2. The molecule has 1 aliphatic carbocycles. The molecule has 0 radical (unpaired) electrons. The number of methoxy groups -OCH3 is 2. The minimum absolute atomic E-state index is 0.0619. The predicted octanol–water partition coefficient (Wildman–Crippen LogP) is 5.20. The number of halogens is 2. The average Bonchev–Trinajstić information content (AvgIpc) is 3.76. The van der Waals surface area contributed by atoms with Gasteiger partial charge in [-0.15, -0.1) is 0 Å². The Morgan fingerprint density at radius 2 is 1.67 bits per heavy atom. The van der Waals surface area contributed by atoms with Gasteiger partial charge in [0.1, 0.15) is 11.5 Å². The zero-order valence-corrected chi connectivity index (χ0v) is 29.7. The van der Waals surface area contributed by atoms with E-state index < -0.39 is 5.82 Å². The van der Waals surface area contributed by atoms with Crippen LogP contribution in [-0.2, 0) is 22.6 Å². The molecule has 2 saturated heterocycles. The molecule has 2 aromatic carbocycles. The molecule has 2 amide bonds. The van der Waals surface area contributed by atoms with Crippen molar-refractivity contribution in [2.24, 2.45) is 0 Å². The number of rotatable bonds is 10. The summed E-state index contributed by atoms with van der Waals surface area (Å²) in [5.74, 6) is 0.542. The van der Waals surface area contributed by atoms with E-state index in [0.717, 1.165) is 43.5 Å². The van der Waals surface area contributed by atoms with E-state index in [4.69, 9.17) is 26.1 Å². The van der Waals surface area contributed by atoms with Crippen LogP contribution in [0.25, 0.3) is 33.6 Å². The monoisotopic (exact) mass is 713 g/mol. The molecule has 4 aromatic rings. The van der Waals surface area contributed by atoms with Crippen LogP contribution in [0.5, 0.6) is 11.8 Å². The van der Waals surface area contributed by atoms with Gasteiger partial charge in [-0.05, 0) is 37.0 Å². The third kappa shape index (κ3) is 7.13. The molecule has 2 aliphatic heterocycles. The standard InChI is InChI=1S/C38H41ClFN7O4/c1-22(48)47-16-14-46(15-17-47)21-32-37(50-2)45-31(20-42-32)28-9-5-7-26(36(28)40)25-6-4-8-27(35(25)39)30-18-23-10-12-29(34(23)38(44-30)51-3)41-19-24-11-13-33(49)43-24/h4-9,18,20,24,29,41H,10-17,19,21H2,1-3H3,(H,43,49)/t24-,29-/m0/s1. The van der Waals surface area contributed by atoms with Gasteiger partial charge in [-0.2, -0.15) is 0 Å². The fourth-order valence-electron chi connectivity index (χ4n) is 7.33. The first-order chi connectivity index (χ1) is 24.7. The van der Waals surface area contributed by atoms with Gasteiger partial charge in [0.05, 0.1) is 36.8 Å². The second-order valence-corrected chi connectivity index (χ2v) is 13.6. The number of fused-ring (bicyclic) bond motifs is 1. The summed E-state index contributed by atoms with van der Waals surface area (Å²) in [5.41, 5.74) is 5.56. The summed E-state index contributed by atoms with van der Waals surface area (Å²) in [6, 6.07) is 12.9. The third-order valence-corrected chi connectivity index (χ3v) is 10.5. The number of hydrogen-bond acceptors (Lipinski definition) is 9. The molecule has 13 heteroatoms. The van der Waals surface area contributed by atoms with Crippen molar-refractivity contribution in [3.8, 4) is 45.4 Å². The van der Waals surface area contributed by atoms with E-state index in [1.807, 2.05) is 23.1 Å². The Labute approximate surface area is 301 Å². The molecule has 266 valence electrons. The van der Waals surface area contributed by atoms with Gasteiger partial charge < -0.3 is 25.0 Å². The number of benzene rings is 2. The fraction of sp³-hybridized carbons (Fsp3) is 0.395. The first kappa shape index (κ1) is 34.8. The number of aryl methyl sites for hydroxylation is 1. The van der Waals surface area contributed by atoms with Gasteiger partial charge in [-0.25, -0.2) is 14.4 Å². The highest BCUT2D eigenvalue weighted by Crippen LogP contribution is 2.43. The van der Waals surface area contributed by atoms with Crippen molar-refractivity contribution in [3.63, 3.8) is 0 Å². The maximum absolute atomic E-state index is 16.4. The highest BCUT2D eigenvalue weighted by atomic mass is 35.5. The van der Waals surface area contributed by atoms with Crippen LogP contribution in [0.2, 0.25) is 5.02 Å². The molecule has 2 N–H and O–H groups in total. The van der Waals surface area contributed by atoms with Crippen LogP contribution >= 0.6 is 11.6 Å².